The number of amides is 1. The average molecular weight is 272 g/mol. The molecule has 1 aromatic heterocycles. The lowest BCUT2D eigenvalue weighted by Gasteiger charge is -2.04. The van der Waals surface area contributed by atoms with E-state index in [1.54, 1.807) is 36.6 Å². The number of rotatable bonds is 4. The van der Waals surface area contributed by atoms with E-state index in [0.29, 0.717) is 11.3 Å². The zero-order chi connectivity index (χ0) is 14.5. The molecule has 1 N–H and O–H groups in total. The van der Waals surface area contributed by atoms with E-state index in [0.717, 1.165) is 0 Å². The van der Waals surface area contributed by atoms with E-state index in [1.165, 1.54) is 19.1 Å². The fourth-order valence-corrected chi connectivity index (χ4v) is 1.66. The maximum absolute atomic E-state index is 11.0. The molecule has 102 valence electrons. The van der Waals surface area contributed by atoms with Crippen molar-refractivity contribution in [2.24, 2.45) is 0 Å². The summed E-state index contributed by atoms with van der Waals surface area (Å²) in [6, 6.07) is 8.10. The first-order valence-corrected chi connectivity index (χ1v) is 5.84. The zero-order valence-electron chi connectivity index (χ0n) is 10.7. The van der Waals surface area contributed by atoms with Gasteiger partial charge in [0.25, 0.3) is 5.69 Å². The van der Waals surface area contributed by atoms with Crippen LogP contribution in [0, 0.1) is 10.1 Å². The van der Waals surface area contributed by atoms with Crippen molar-refractivity contribution in [3.8, 4) is 0 Å². The van der Waals surface area contributed by atoms with Gasteiger partial charge in [-0.1, -0.05) is 12.1 Å². The summed E-state index contributed by atoms with van der Waals surface area (Å²) in [6.07, 6.45) is 4.95. The standard InChI is InChI=1S/C14H12N2O4/c1-10(17)15-13-7-5-11(9-14(13)16(18)19)4-6-12-3-2-8-20-12/h2-9H,1H3,(H,15,17)/b6-4+. The fraction of sp³-hybridized carbons (Fsp3) is 0.0714. The number of nitro benzene ring substituents is 1. The number of carbonyl (C=O) groups is 1. The number of benzene rings is 1. The molecule has 0 saturated heterocycles. The Balaban J connectivity index is 2.30. The Bertz CT molecular complexity index is 660. The molecule has 0 aliphatic rings. The molecule has 0 saturated carbocycles. The van der Waals surface area contributed by atoms with Gasteiger partial charge < -0.3 is 9.73 Å². The maximum atomic E-state index is 11.0. The molecule has 0 atom stereocenters. The van der Waals surface area contributed by atoms with Crippen LogP contribution in [0.3, 0.4) is 0 Å². The van der Waals surface area contributed by atoms with Crippen molar-refractivity contribution in [3.63, 3.8) is 0 Å². The largest absolute Gasteiger partial charge is 0.465 e. The van der Waals surface area contributed by atoms with E-state index in [1.807, 2.05) is 0 Å². The summed E-state index contributed by atoms with van der Waals surface area (Å²) in [5, 5.41) is 13.4. The van der Waals surface area contributed by atoms with Gasteiger partial charge in [-0.2, -0.15) is 0 Å². The summed E-state index contributed by atoms with van der Waals surface area (Å²) in [6.45, 7) is 1.30. The van der Waals surface area contributed by atoms with Crippen LogP contribution in [0.4, 0.5) is 11.4 Å². The van der Waals surface area contributed by atoms with Gasteiger partial charge in [-0.05, 0) is 29.8 Å². The normalized spacial score (nSPS) is 10.7. The third-order valence-electron chi connectivity index (χ3n) is 2.51. The molecule has 2 rings (SSSR count). The van der Waals surface area contributed by atoms with Crippen LogP contribution >= 0.6 is 0 Å². The summed E-state index contributed by atoms with van der Waals surface area (Å²) in [7, 11) is 0. The second-order valence-corrected chi connectivity index (χ2v) is 4.06. The number of furan rings is 1. The summed E-state index contributed by atoms with van der Waals surface area (Å²) >= 11 is 0. The Morgan fingerprint density at radius 3 is 2.75 bits per heavy atom. The van der Waals surface area contributed by atoms with Crippen molar-refractivity contribution in [1.82, 2.24) is 0 Å². The lowest BCUT2D eigenvalue weighted by atomic mass is 10.1. The molecule has 1 aromatic carbocycles. The Kier molecular flexibility index (Phi) is 3.95. The Hall–Kier alpha value is -2.89. The predicted molar refractivity (Wildman–Crippen MR) is 75.0 cm³/mol. The highest BCUT2D eigenvalue weighted by Crippen LogP contribution is 2.26. The molecule has 2 aromatic rings. The summed E-state index contributed by atoms with van der Waals surface area (Å²) in [5.41, 5.74) is 0.668. The monoisotopic (exact) mass is 272 g/mol. The molecule has 0 unspecified atom stereocenters. The zero-order valence-corrected chi connectivity index (χ0v) is 10.7. The Labute approximate surface area is 114 Å². The first kappa shape index (κ1) is 13.5. The quantitative estimate of drug-likeness (QED) is 0.683. The highest BCUT2D eigenvalue weighted by atomic mass is 16.6. The van der Waals surface area contributed by atoms with Crippen molar-refractivity contribution < 1.29 is 14.1 Å². The molecule has 0 radical (unpaired) electrons. The summed E-state index contributed by atoms with van der Waals surface area (Å²) < 4.78 is 5.13. The van der Waals surface area contributed by atoms with Crippen LogP contribution in [0.5, 0.6) is 0 Å². The minimum atomic E-state index is -0.532. The van der Waals surface area contributed by atoms with Gasteiger partial charge in [-0.3, -0.25) is 14.9 Å². The molecule has 0 fully saturated rings. The van der Waals surface area contributed by atoms with Crippen molar-refractivity contribution in [2.45, 2.75) is 6.92 Å². The third kappa shape index (κ3) is 3.32. The molecule has 20 heavy (non-hydrogen) atoms. The molecule has 6 nitrogen and oxygen atoms in total. The van der Waals surface area contributed by atoms with Gasteiger partial charge in [0, 0.05) is 13.0 Å². The van der Waals surface area contributed by atoms with Crippen LogP contribution in [-0.4, -0.2) is 10.8 Å². The highest BCUT2D eigenvalue weighted by molar-refractivity contribution is 5.91. The van der Waals surface area contributed by atoms with Crippen molar-refractivity contribution >= 4 is 29.4 Å². The van der Waals surface area contributed by atoms with Crippen LogP contribution in [0.25, 0.3) is 12.2 Å². The van der Waals surface area contributed by atoms with Gasteiger partial charge in [0.05, 0.1) is 11.2 Å². The van der Waals surface area contributed by atoms with Crippen molar-refractivity contribution in [2.75, 3.05) is 5.32 Å². The number of nitro groups is 1. The van der Waals surface area contributed by atoms with Crippen LogP contribution in [0.15, 0.2) is 41.0 Å². The first-order chi connectivity index (χ1) is 9.56. The van der Waals surface area contributed by atoms with E-state index in [9.17, 15) is 14.9 Å². The molecule has 0 aliphatic heterocycles. The number of hydrogen-bond acceptors (Lipinski definition) is 4. The van der Waals surface area contributed by atoms with Crippen LogP contribution in [0.1, 0.15) is 18.2 Å². The topological polar surface area (TPSA) is 85.4 Å². The SMILES string of the molecule is CC(=O)Nc1ccc(/C=C/c2ccco2)cc1[N+](=O)[O-]. The molecule has 0 aliphatic carbocycles. The van der Waals surface area contributed by atoms with Gasteiger partial charge in [0.2, 0.25) is 5.91 Å². The summed E-state index contributed by atoms with van der Waals surface area (Å²) in [4.78, 5) is 21.5. The Morgan fingerprint density at radius 2 is 2.15 bits per heavy atom. The van der Waals surface area contributed by atoms with Gasteiger partial charge in [0.1, 0.15) is 11.4 Å². The molecule has 1 heterocycles. The minimum Gasteiger partial charge on any atom is -0.465 e. The first-order valence-electron chi connectivity index (χ1n) is 5.84. The van der Waals surface area contributed by atoms with Crippen LogP contribution < -0.4 is 5.32 Å². The minimum absolute atomic E-state index is 0.151. The van der Waals surface area contributed by atoms with Gasteiger partial charge in [0.15, 0.2) is 0 Å². The van der Waals surface area contributed by atoms with Crippen LogP contribution in [-0.2, 0) is 4.79 Å². The van der Waals surface area contributed by atoms with Gasteiger partial charge >= 0.3 is 0 Å². The third-order valence-corrected chi connectivity index (χ3v) is 2.51. The van der Waals surface area contributed by atoms with E-state index in [-0.39, 0.29) is 17.3 Å². The number of nitrogens with zero attached hydrogens (tertiary/aromatic N) is 1. The van der Waals surface area contributed by atoms with Crippen LogP contribution in [0.2, 0.25) is 0 Å². The molecular formula is C14H12N2O4. The van der Waals surface area contributed by atoms with E-state index < -0.39 is 4.92 Å². The van der Waals surface area contributed by atoms with Crippen molar-refractivity contribution in [1.29, 1.82) is 0 Å². The lowest BCUT2D eigenvalue weighted by molar-refractivity contribution is -0.383. The number of hydrogen-bond donors (Lipinski definition) is 1. The summed E-state index contributed by atoms with van der Waals surface area (Å²) in [5.74, 6) is 0.297. The lowest BCUT2D eigenvalue weighted by Crippen LogP contribution is -2.08. The molecule has 6 heteroatoms. The van der Waals surface area contributed by atoms with E-state index in [4.69, 9.17) is 4.42 Å². The number of nitrogens with one attached hydrogen (secondary N) is 1. The molecule has 0 bridgehead atoms. The highest BCUT2D eigenvalue weighted by Gasteiger charge is 2.14. The smallest absolute Gasteiger partial charge is 0.293 e. The number of anilines is 1. The molecular weight excluding hydrogens is 260 g/mol. The van der Waals surface area contributed by atoms with Gasteiger partial charge in [-0.15, -0.1) is 0 Å². The average Bonchev–Trinajstić information content (AvgIpc) is 2.89. The van der Waals surface area contributed by atoms with E-state index in [2.05, 4.69) is 5.32 Å². The van der Waals surface area contributed by atoms with Gasteiger partial charge in [-0.25, -0.2) is 0 Å². The van der Waals surface area contributed by atoms with Crippen molar-refractivity contribution in [3.05, 3.63) is 58.0 Å². The number of carbonyl (C=O) groups excluding carboxylic acids is 1. The molecule has 1 amide bonds. The Morgan fingerprint density at radius 1 is 1.35 bits per heavy atom. The predicted octanol–water partition coefficient (Wildman–Crippen LogP) is 3.32. The van der Waals surface area contributed by atoms with E-state index >= 15 is 0 Å². The molecule has 0 spiro atoms. The fourth-order valence-electron chi connectivity index (χ4n) is 1.66. The maximum Gasteiger partial charge on any atom is 0.293 e. The second-order valence-electron chi connectivity index (χ2n) is 4.06. The second kappa shape index (κ2) is 5.83.